The highest BCUT2D eigenvalue weighted by Crippen LogP contribution is 2.41. The maximum atomic E-state index is 13.1. The second-order valence-corrected chi connectivity index (χ2v) is 5.71. The van der Waals surface area contributed by atoms with Crippen LogP contribution >= 0.6 is 0 Å². The first kappa shape index (κ1) is 15.5. The average Bonchev–Trinajstić information content (AvgIpc) is 2.53. The summed E-state index contributed by atoms with van der Waals surface area (Å²) in [6, 6.07) is 8.37. The Morgan fingerprint density at radius 2 is 2.04 bits per heavy atom. The van der Waals surface area contributed by atoms with Crippen molar-refractivity contribution in [1.82, 2.24) is 0 Å². The van der Waals surface area contributed by atoms with Crippen molar-refractivity contribution in [3.05, 3.63) is 47.2 Å². The van der Waals surface area contributed by atoms with Crippen LogP contribution in [-0.4, -0.2) is 17.7 Å². The fourth-order valence-electron chi connectivity index (χ4n) is 3.19. The van der Waals surface area contributed by atoms with Crippen LogP contribution in [0.5, 0.6) is 0 Å². The van der Waals surface area contributed by atoms with Gasteiger partial charge in [0.1, 0.15) is 11.5 Å². The van der Waals surface area contributed by atoms with Crippen LogP contribution in [-0.2, 0) is 4.79 Å². The number of allylic oxidation sites excluding steroid dienone is 2. The zero-order valence-electron chi connectivity index (χ0n) is 12.1. The molecule has 1 heterocycles. The van der Waals surface area contributed by atoms with E-state index in [4.69, 9.17) is 5.26 Å². The summed E-state index contributed by atoms with van der Waals surface area (Å²) in [5, 5.41) is 8.99. The molecule has 0 saturated heterocycles. The highest BCUT2D eigenvalue weighted by Gasteiger charge is 2.43. The Bertz CT molecular complexity index is 756. The molecule has 0 amide bonds. The maximum Gasteiger partial charge on any atom is 0.433 e. The second kappa shape index (κ2) is 5.65. The number of benzene rings is 1. The van der Waals surface area contributed by atoms with Crippen LogP contribution in [0, 0.1) is 17.2 Å². The van der Waals surface area contributed by atoms with Crippen LogP contribution in [0.1, 0.15) is 36.3 Å². The van der Waals surface area contributed by atoms with E-state index in [0.29, 0.717) is 36.1 Å². The molecule has 1 fully saturated rings. The van der Waals surface area contributed by atoms with Gasteiger partial charge in [-0.25, -0.2) is 0 Å². The number of carbonyl (C=O) groups excluding carboxylic acids is 1. The summed E-state index contributed by atoms with van der Waals surface area (Å²) >= 11 is 0. The first-order valence-electron chi connectivity index (χ1n) is 7.29. The molecular weight excluding hydrogens is 305 g/mol. The summed E-state index contributed by atoms with van der Waals surface area (Å²) in [4.78, 5) is 16.0. The Balaban J connectivity index is 2.11. The Morgan fingerprint density at radius 3 is 2.74 bits per heavy atom. The van der Waals surface area contributed by atoms with E-state index in [1.807, 2.05) is 6.07 Å². The van der Waals surface area contributed by atoms with Gasteiger partial charge in [0.2, 0.25) is 0 Å². The van der Waals surface area contributed by atoms with Crippen LogP contribution in [0.25, 0.3) is 0 Å². The molecule has 3 nitrogen and oxygen atoms in total. The average molecular weight is 318 g/mol. The lowest BCUT2D eigenvalue weighted by Crippen LogP contribution is -2.36. The smallest absolute Gasteiger partial charge is 0.299 e. The molecule has 1 aromatic rings. The van der Waals surface area contributed by atoms with Crippen LogP contribution < -0.4 is 0 Å². The molecule has 1 saturated carbocycles. The summed E-state index contributed by atoms with van der Waals surface area (Å²) in [5.74, 6) is -1.45. The molecular formula is C17H13F3N2O. The minimum atomic E-state index is -4.55. The summed E-state index contributed by atoms with van der Waals surface area (Å²) in [5.41, 5.74) is 0.254. The quantitative estimate of drug-likeness (QED) is 0.788. The van der Waals surface area contributed by atoms with E-state index >= 15 is 0 Å². The van der Waals surface area contributed by atoms with Gasteiger partial charge in [-0.3, -0.25) is 9.79 Å². The standard InChI is InChI=1S/C17H13F3N2O/c18-17(19,20)15-8-12(11-4-1-3-10(7-11)9-21)16-13(22-15)5-2-6-14(16)23/h1,3-4,7-8,12,16H,2,5-6H2. The van der Waals surface area contributed by atoms with Crippen molar-refractivity contribution in [2.24, 2.45) is 10.9 Å². The van der Waals surface area contributed by atoms with Crippen molar-refractivity contribution in [3.63, 3.8) is 0 Å². The van der Waals surface area contributed by atoms with Crippen LogP contribution in [0.3, 0.4) is 0 Å². The number of Topliss-reactive ketones (excluding diaryl/α,β-unsaturated/α-hetero) is 1. The molecule has 2 unspecified atom stereocenters. The molecule has 0 N–H and O–H groups in total. The number of aliphatic imine (C=N–C) groups is 1. The van der Waals surface area contributed by atoms with E-state index in [-0.39, 0.29) is 5.78 Å². The Kier molecular flexibility index (Phi) is 3.80. The maximum absolute atomic E-state index is 13.1. The summed E-state index contributed by atoms with van der Waals surface area (Å²) in [6.07, 6.45) is -2.24. The number of alkyl halides is 3. The van der Waals surface area contributed by atoms with Gasteiger partial charge in [-0.15, -0.1) is 0 Å². The van der Waals surface area contributed by atoms with E-state index in [9.17, 15) is 18.0 Å². The van der Waals surface area contributed by atoms with E-state index < -0.39 is 23.7 Å². The van der Waals surface area contributed by atoms with Crippen molar-refractivity contribution >= 4 is 11.5 Å². The molecule has 0 aromatic heterocycles. The number of fused-ring (bicyclic) bond motifs is 1. The summed E-state index contributed by atoms with van der Waals surface area (Å²) < 4.78 is 39.4. The number of hydrogen-bond acceptors (Lipinski definition) is 3. The van der Waals surface area contributed by atoms with Crippen molar-refractivity contribution in [1.29, 1.82) is 5.26 Å². The van der Waals surface area contributed by atoms with Crippen LogP contribution in [0.4, 0.5) is 13.2 Å². The zero-order chi connectivity index (χ0) is 16.6. The number of halogens is 3. The molecule has 3 rings (SSSR count). The topological polar surface area (TPSA) is 53.2 Å². The van der Waals surface area contributed by atoms with E-state index in [0.717, 1.165) is 6.08 Å². The second-order valence-electron chi connectivity index (χ2n) is 5.71. The van der Waals surface area contributed by atoms with E-state index in [2.05, 4.69) is 4.99 Å². The highest BCUT2D eigenvalue weighted by molar-refractivity contribution is 6.09. The molecule has 1 aliphatic heterocycles. The third-order valence-electron chi connectivity index (χ3n) is 4.21. The number of rotatable bonds is 1. The fourth-order valence-corrected chi connectivity index (χ4v) is 3.19. The van der Waals surface area contributed by atoms with Crippen molar-refractivity contribution in [3.8, 4) is 6.07 Å². The van der Waals surface area contributed by atoms with E-state index in [1.54, 1.807) is 24.3 Å². The van der Waals surface area contributed by atoms with Gasteiger partial charge in [0.15, 0.2) is 0 Å². The molecule has 1 aromatic carbocycles. The number of hydrogen-bond donors (Lipinski definition) is 0. The first-order chi connectivity index (χ1) is 10.9. The minimum Gasteiger partial charge on any atom is -0.299 e. The molecule has 1 aliphatic carbocycles. The molecule has 0 radical (unpaired) electrons. The monoisotopic (exact) mass is 318 g/mol. The molecule has 118 valence electrons. The predicted molar refractivity (Wildman–Crippen MR) is 77.8 cm³/mol. The predicted octanol–water partition coefficient (Wildman–Crippen LogP) is 3.91. The van der Waals surface area contributed by atoms with Gasteiger partial charge in [0.05, 0.1) is 17.6 Å². The molecule has 0 bridgehead atoms. The fraction of sp³-hybridized carbons (Fsp3) is 0.353. The Labute approximate surface area is 131 Å². The third-order valence-corrected chi connectivity index (χ3v) is 4.21. The van der Waals surface area contributed by atoms with Crippen molar-refractivity contribution in [2.45, 2.75) is 31.4 Å². The zero-order valence-corrected chi connectivity index (χ0v) is 12.1. The van der Waals surface area contributed by atoms with Gasteiger partial charge in [-0.2, -0.15) is 18.4 Å². The van der Waals surface area contributed by atoms with E-state index in [1.165, 1.54) is 0 Å². The largest absolute Gasteiger partial charge is 0.433 e. The van der Waals surface area contributed by atoms with Gasteiger partial charge >= 0.3 is 6.18 Å². The van der Waals surface area contributed by atoms with Crippen molar-refractivity contribution < 1.29 is 18.0 Å². The normalized spacial score (nSPS) is 24.3. The SMILES string of the molecule is N#Cc1cccc(C2C=C(C(F)(F)F)N=C3CCCC(=O)C32)c1. The van der Waals surface area contributed by atoms with Gasteiger partial charge in [-0.05, 0) is 36.6 Å². The third kappa shape index (κ3) is 2.91. The Hall–Kier alpha value is -2.42. The van der Waals surface area contributed by atoms with Gasteiger partial charge < -0.3 is 0 Å². The van der Waals surface area contributed by atoms with Gasteiger partial charge in [-0.1, -0.05) is 12.1 Å². The van der Waals surface area contributed by atoms with Crippen molar-refractivity contribution in [2.75, 3.05) is 0 Å². The summed E-state index contributed by atoms with van der Waals surface area (Å²) in [6.45, 7) is 0. The number of nitrogens with zero attached hydrogens (tertiary/aromatic N) is 2. The van der Waals surface area contributed by atoms with Crippen LogP contribution in [0.2, 0.25) is 0 Å². The lowest BCUT2D eigenvalue weighted by molar-refractivity contribution is -0.122. The molecule has 2 aliphatic rings. The highest BCUT2D eigenvalue weighted by atomic mass is 19.4. The number of ketones is 1. The molecule has 6 heteroatoms. The van der Waals surface area contributed by atoms with Crippen LogP contribution in [0.15, 0.2) is 41.0 Å². The Morgan fingerprint density at radius 1 is 1.26 bits per heavy atom. The lowest BCUT2D eigenvalue weighted by atomic mass is 9.72. The molecule has 2 atom stereocenters. The molecule has 0 spiro atoms. The van der Waals surface area contributed by atoms with Gasteiger partial charge in [0, 0.05) is 18.1 Å². The number of nitriles is 1. The summed E-state index contributed by atoms with van der Waals surface area (Å²) in [7, 11) is 0. The number of carbonyl (C=O) groups is 1. The van der Waals surface area contributed by atoms with Gasteiger partial charge in [0.25, 0.3) is 0 Å². The lowest BCUT2D eigenvalue weighted by Gasteiger charge is -2.33. The molecule has 23 heavy (non-hydrogen) atoms. The first-order valence-corrected chi connectivity index (χ1v) is 7.29. The minimum absolute atomic E-state index is 0.0835.